The van der Waals surface area contributed by atoms with E-state index in [1.807, 2.05) is 23.2 Å². The molecule has 0 unspecified atom stereocenters. The Labute approximate surface area is 262 Å². The van der Waals surface area contributed by atoms with Gasteiger partial charge in [-0.3, -0.25) is 9.69 Å². The summed E-state index contributed by atoms with van der Waals surface area (Å²) in [6.45, 7) is 22.6. The van der Waals surface area contributed by atoms with Crippen LogP contribution in [0.25, 0.3) is 0 Å². The zero-order valence-corrected chi connectivity index (χ0v) is 29.3. The molecule has 1 aliphatic heterocycles. The van der Waals surface area contributed by atoms with Crippen molar-refractivity contribution in [2.45, 2.75) is 129 Å². The fourth-order valence-electron chi connectivity index (χ4n) is 8.93. The first kappa shape index (κ1) is 33.2. The number of hydrogen-bond donors (Lipinski definition) is 0. The second-order valence-electron chi connectivity index (χ2n) is 14.9. The summed E-state index contributed by atoms with van der Waals surface area (Å²) in [6.07, 6.45) is 4.76. The SMILES string of the molecule is Cc1ccccc1[C@@H]1CC(=O)C([Si](C(C)C)(C(C)C)C(C)C)=CN1C(=O)O[C@@H]1C[C@H](C)CC[C@H]1C(C)(C)c1ccccc1. The number of ether oxygens (including phenoxy) is 1. The zero-order chi connectivity index (χ0) is 31.7. The molecule has 1 amide bonds. The summed E-state index contributed by atoms with van der Waals surface area (Å²) >= 11 is 0. The molecule has 1 aliphatic carbocycles. The number of carbonyl (C=O) groups excluding carboxylic acids is 2. The highest BCUT2D eigenvalue weighted by atomic mass is 28.3. The summed E-state index contributed by atoms with van der Waals surface area (Å²) in [5.41, 5.74) is 4.34. The minimum atomic E-state index is -2.31. The molecule has 1 fully saturated rings. The maximum Gasteiger partial charge on any atom is 0.414 e. The number of allylic oxidation sites excluding steroid dienone is 1. The average molecular weight is 602 g/mol. The van der Waals surface area contributed by atoms with E-state index in [-0.39, 0.29) is 35.4 Å². The van der Waals surface area contributed by atoms with Crippen LogP contribution in [0, 0.1) is 18.8 Å². The topological polar surface area (TPSA) is 46.6 Å². The maximum atomic E-state index is 14.5. The standard InChI is InChI=1S/C38H55NO3Si/c1-25(2)43(26(3)4,27(5)6)36-24-39(33(23-34(36)40)31-19-15-14-16-29(31)8)37(41)42-35-22-28(7)20-21-32(35)38(9,10)30-17-12-11-13-18-30/h11-19,24-28,32-33,35H,20-23H2,1-10H3/t28-,32-,33+,35-/m1/s1. The number of aryl methyl sites for hydroxylation is 1. The molecule has 4 atom stereocenters. The third kappa shape index (κ3) is 6.29. The Hall–Kier alpha value is -2.66. The average Bonchev–Trinajstić information content (AvgIpc) is 2.94. The summed E-state index contributed by atoms with van der Waals surface area (Å²) in [5, 5.41) is 0.910. The number of ketones is 1. The second kappa shape index (κ2) is 13.1. The first-order valence-corrected chi connectivity index (χ1v) is 18.8. The van der Waals surface area contributed by atoms with E-state index in [2.05, 4.69) is 112 Å². The smallest absolute Gasteiger partial charge is 0.414 e. The molecular weight excluding hydrogens is 547 g/mol. The molecule has 0 radical (unpaired) electrons. The number of nitrogens with zero attached hydrogens (tertiary/aromatic N) is 1. The van der Waals surface area contributed by atoms with Crippen molar-refractivity contribution in [1.29, 1.82) is 0 Å². The van der Waals surface area contributed by atoms with Crippen LogP contribution < -0.4 is 0 Å². The van der Waals surface area contributed by atoms with Gasteiger partial charge < -0.3 is 4.74 Å². The van der Waals surface area contributed by atoms with Gasteiger partial charge in [0.25, 0.3) is 0 Å². The van der Waals surface area contributed by atoms with Crippen molar-refractivity contribution in [2.24, 2.45) is 11.8 Å². The molecule has 234 valence electrons. The van der Waals surface area contributed by atoms with Crippen LogP contribution in [0.15, 0.2) is 66.0 Å². The first-order chi connectivity index (χ1) is 20.2. The molecule has 4 nitrogen and oxygen atoms in total. The van der Waals surface area contributed by atoms with Crippen LogP contribution in [0.2, 0.25) is 16.6 Å². The summed E-state index contributed by atoms with van der Waals surface area (Å²) in [4.78, 5) is 30.5. The van der Waals surface area contributed by atoms with E-state index in [0.717, 1.165) is 35.6 Å². The van der Waals surface area contributed by atoms with E-state index in [0.29, 0.717) is 29.0 Å². The van der Waals surface area contributed by atoms with Crippen molar-refractivity contribution in [3.05, 3.63) is 82.7 Å². The molecule has 43 heavy (non-hydrogen) atoms. The number of carbonyl (C=O) groups is 2. The number of hydrogen-bond acceptors (Lipinski definition) is 3. The van der Waals surface area contributed by atoms with Crippen molar-refractivity contribution in [2.75, 3.05) is 0 Å². The van der Waals surface area contributed by atoms with Gasteiger partial charge in [-0.05, 0) is 69.6 Å². The molecule has 0 N–H and O–H groups in total. The Kier molecular flexibility index (Phi) is 10.2. The van der Waals surface area contributed by atoms with Crippen molar-refractivity contribution in [1.82, 2.24) is 4.90 Å². The summed E-state index contributed by atoms with van der Waals surface area (Å²) < 4.78 is 6.64. The van der Waals surface area contributed by atoms with E-state index in [1.54, 1.807) is 0 Å². The Bertz CT molecular complexity index is 1290. The molecule has 0 saturated heterocycles. The lowest BCUT2D eigenvalue weighted by atomic mass is 9.64. The zero-order valence-electron chi connectivity index (χ0n) is 28.3. The van der Waals surface area contributed by atoms with Gasteiger partial charge in [-0.2, -0.15) is 0 Å². The lowest BCUT2D eigenvalue weighted by molar-refractivity contribution is -0.116. The molecule has 1 saturated carbocycles. The van der Waals surface area contributed by atoms with Crippen LogP contribution >= 0.6 is 0 Å². The van der Waals surface area contributed by atoms with Crippen LogP contribution in [-0.2, 0) is 14.9 Å². The number of rotatable bonds is 8. The Morgan fingerprint density at radius 3 is 2.07 bits per heavy atom. The third-order valence-corrected chi connectivity index (χ3v) is 18.2. The molecule has 5 heteroatoms. The maximum absolute atomic E-state index is 14.5. The number of amides is 1. The van der Waals surface area contributed by atoms with Gasteiger partial charge in [0, 0.05) is 18.5 Å². The largest absolute Gasteiger partial charge is 0.446 e. The van der Waals surface area contributed by atoms with Gasteiger partial charge in [0.15, 0.2) is 5.78 Å². The minimum Gasteiger partial charge on any atom is -0.446 e. The van der Waals surface area contributed by atoms with Gasteiger partial charge in [0.05, 0.1) is 6.04 Å². The van der Waals surface area contributed by atoms with Gasteiger partial charge in [-0.25, -0.2) is 4.79 Å². The predicted molar refractivity (Wildman–Crippen MR) is 181 cm³/mol. The highest BCUT2D eigenvalue weighted by Crippen LogP contribution is 2.50. The quantitative estimate of drug-likeness (QED) is 0.283. The van der Waals surface area contributed by atoms with Gasteiger partial charge in [0.2, 0.25) is 0 Å². The van der Waals surface area contributed by atoms with Gasteiger partial charge in [-0.1, -0.05) is 123 Å². The Morgan fingerprint density at radius 2 is 1.49 bits per heavy atom. The molecule has 2 aliphatic rings. The highest BCUT2D eigenvalue weighted by molar-refractivity contribution is 6.93. The molecule has 1 heterocycles. The van der Waals surface area contributed by atoms with Crippen LogP contribution in [0.4, 0.5) is 4.79 Å². The molecule has 2 aromatic carbocycles. The molecular formula is C38H55NO3Si. The molecule has 0 bridgehead atoms. The molecule has 2 aromatic rings. The molecule has 4 rings (SSSR count). The second-order valence-corrected chi connectivity index (χ2v) is 20.8. The van der Waals surface area contributed by atoms with E-state index < -0.39 is 8.07 Å². The van der Waals surface area contributed by atoms with Crippen LogP contribution in [0.5, 0.6) is 0 Å². The summed E-state index contributed by atoms with van der Waals surface area (Å²) in [6, 6.07) is 18.4. The predicted octanol–water partition coefficient (Wildman–Crippen LogP) is 10.3. The third-order valence-electron chi connectivity index (χ3n) is 11.1. The van der Waals surface area contributed by atoms with Crippen LogP contribution in [0.1, 0.15) is 111 Å². The van der Waals surface area contributed by atoms with Gasteiger partial charge in [0.1, 0.15) is 14.2 Å². The van der Waals surface area contributed by atoms with Crippen molar-refractivity contribution >= 4 is 20.0 Å². The van der Waals surface area contributed by atoms with Crippen molar-refractivity contribution in [3.63, 3.8) is 0 Å². The summed E-state index contributed by atoms with van der Waals surface area (Å²) in [5.74, 6) is 0.899. The highest BCUT2D eigenvalue weighted by Gasteiger charge is 2.51. The summed E-state index contributed by atoms with van der Waals surface area (Å²) in [7, 11) is -2.31. The first-order valence-electron chi connectivity index (χ1n) is 16.6. The minimum absolute atomic E-state index is 0.143. The van der Waals surface area contributed by atoms with E-state index >= 15 is 0 Å². The van der Waals surface area contributed by atoms with Gasteiger partial charge in [-0.15, -0.1) is 0 Å². The fourth-order valence-corrected chi connectivity index (χ4v) is 15.7. The Balaban J connectivity index is 1.79. The van der Waals surface area contributed by atoms with Crippen molar-refractivity contribution in [3.8, 4) is 0 Å². The van der Waals surface area contributed by atoms with Crippen molar-refractivity contribution < 1.29 is 14.3 Å². The van der Waals surface area contributed by atoms with E-state index in [9.17, 15) is 9.59 Å². The fraction of sp³-hybridized carbons (Fsp3) is 0.579. The van der Waals surface area contributed by atoms with E-state index in [4.69, 9.17) is 4.74 Å². The van der Waals surface area contributed by atoms with Crippen LogP contribution in [-0.4, -0.2) is 31.0 Å². The molecule has 0 aromatic heterocycles. The Morgan fingerprint density at radius 1 is 0.907 bits per heavy atom. The number of Topliss-reactive ketones (excluding diaryl/α,β-unsaturated/α-hetero) is 1. The monoisotopic (exact) mass is 601 g/mol. The number of benzene rings is 2. The lowest BCUT2D eigenvalue weighted by Crippen LogP contribution is -2.53. The normalized spacial score (nSPS) is 23.6. The van der Waals surface area contributed by atoms with Gasteiger partial charge >= 0.3 is 6.09 Å². The van der Waals surface area contributed by atoms with Crippen LogP contribution in [0.3, 0.4) is 0 Å². The lowest BCUT2D eigenvalue weighted by Gasteiger charge is -2.48. The molecule has 0 spiro atoms. The van der Waals surface area contributed by atoms with E-state index in [1.165, 1.54) is 5.56 Å².